The number of amides is 3. The van der Waals surface area contributed by atoms with Gasteiger partial charge in [0.1, 0.15) is 0 Å². The second-order valence-electron chi connectivity index (χ2n) is 7.06. The van der Waals surface area contributed by atoms with Crippen LogP contribution in [-0.2, 0) is 4.74 Å². The van der Waals surface area contributed by atoms with Crippen molar-refractivity contribution in [3.05, 3.63) is 48.4 Å². The minimum Gasteiger partial charge on any atom is -0.459 e. The number of hydrogen-bond donors (Lipinski definition) is 3. The molecule has 1 fully saturated rings. The van der Waals surface area contributed by atoms with Crippen LogP contribution in [0.3, 0.4) is 0 Å². The van der Waals surface area contributed by atoms with Crippen molar-refractivity contribution >= 4 is 23.3 Å². The molecule has 1 aliphatic carbocycles. The van der Waals surface area contributed by atoms with E-state index >= 15 is 0 Å². The largest absolute Gasteiger partial charge is 0.459 e. The molecule has 28 heavy (non-hydrogen) atoms. The van der Waals surface area contributed by atoms with Gasteiger partial charge in [-0.05, 0) is 55.2 Å². The molecule has 2 aromatic rings. The van der Waals surface area contributed by atoms with Crippen LogP contribution in [0, 0.1) is 5.92 Å². The molecular formula is C21H27N3O4. The maximum atomic E-state index is 12.0. The first-order valence-corrected chi connectivity index (χ1v) is 9.73. The average molecular weight is 385 g/mol. The van der Waals surface area contributed by atoms with Gasteiger partial charge < -0.3 is 25.1 Å². The Morgan fingerprint density at radius 1 is 1.07 bits per heavy atom. The van der Waals surface area contributed by atoms with Gasteiger partial charge in [0.15, 0.2) is 5.76 Å². The van der Waals surface area contributed by atoms with Crippen molar-refractivity contribution in [2.24, 2.45) is 5.92 Å². The van der Waals surface area contributed by atoms with Crippen LogP contribution in [0.25, 0.3) is 0 Å². The molecule has 3 N–H and O–H groups in total. The van der Waals surface area contributed by atoms with E-state index < -0.39 is 0 Å². The molecule has 1 aromatic carbocycles. The number of benzene rings is 1. The Kier molecular flexibility index (Phi) is 7.08. The van der Waals surface area contributed by atoms with Gasteiger partial charge in [-0.15, -0.1) is 0 Å². The molecule has 0 saturated heterocycles. The molecular weight excluding hydrogens is 358 g/mol. The molecule has 1 saturated carbocycles. The molecule has 7 heteroatoms. The second kappa shape index (κ2) is 9.94. The molecule has 0 spiro atoms. The summed E-state index contributed by atoms with van der Waals surface area (Å²) in [7, 11) is 0. The van der Waals surface area contributed by atoms with E-state index in [1.54, 1.807) is 36.4 Å². The van der Waals surface area contributed by atoms with Crippen LogP contribution < -0.4 is 16.0 Å². The second-order valence-corrected chi connectivity index (χ2v) is 7.06. The minimum atomic E-state index is -0.323. The number of anilines is 2. The maximum absolute atomic E-state index is 12.0. The van der Waals surface area contributed by atoms with Crippen LogP contribution in [0.15, 0.2) is 47.1 Å². The molecule has 0 bridgehead atoms. The topological polar surface area (TPSA) is 92.6 Å². The fourth-order valence-electron chi connectivity index (χ4n) is 3.32. The van der Waals surface area contributed by atoms with Gasteiger partial charge in [-0.2, -0.15) is 0 Å². The number of hydrogen-bond acceptors (Lipinski definition) is 4. The number of carbonyl (C=O) groups is 2. The average Bonchev–Trinajstić information content (AvgIpc) is 3.23. The zero-order valence-electron chi connectivity index (χ0n) is 16.1. The van der Waals surface area contributed by atoms with Crippen LogP contribution in [-0.4, -0.2) is 31.2 Å². The fourth-order valence-corrected chi connectivity index (χ4v) is 3.32. The number of nitrogens with one attached hydrogen (secondary N) is 3. The van der Waals surface area contributed by atoms with Crippen molar-refractivity contribution in [1.29, 1.82) is 0 Å². The van der Waals surface area contributed by atoms with E-state index in [0.29, 0.717) is 36.5 Å². The Balaban J connectivity index is 1.36. The Morgan fingerprint density at radius 3 is 2.46 bits per heavy atom. The molecule has 0 unspecified atom stereocenters. The third-order valence-corrected chi connectivity index (χ3v) is 4.90. The summed E-state index contributed by atoms with van der Waals surface area (Å²) in [4.78, 5) is 23.9. The van der Waals surface area contributed by atoms with Crippen molar-refractivity contribution in [2.75, 3.05) is 23.8 Å². The minimum absolute atomic E-state index is 0.242. The summed E-state index contributed by atoms with van der Waals surface area (Å²) in [5, 5.41) is 8.28. The lowest BCUT2D eigenvalue weighted by Crippen LogP contribution is -2.34. The quantitative estimate of drug-likeness (QED) is 0.621. The van der Waals surface area contributed by atoms with Crippen LogP contribution in [0.4, 0.5) is 16.2 Å². The van der Waals surface area contributed by atoms with Gasteiger partial charge in [0, 0.05) is 17.9 Å². The Morgan fingerprint density at radius 2 is 1.79 bits per heavy atom. The fraction of sp³-hybridized carbons (Fsp3) is 0.429. The molecule has 2 atom stereocenters. The third-order valence-electron chi connectivity index (χ3n) is 4.90. The van der Waals surface area contributed by atoms with E-state index in [9.17, 15) is 9.59 Å². The van der Waals surface area contributed by atoms with Gasteiger partial charge in [0.2, 0.25) is 0 Å². The molecule has 0 aliphatic heterocycles. The van der Waals surface area contributed by atoms with Crippen molar-refractivity contribution in [1.82, 2.24) is 5.32 Å². The van der Waals surface area contributed by atoms with Crippen LogP contribution in [0.2, 0.25) is 0 Å². The molecule has 1 aliphatic rings. The molecule has 3 rings (SSSR count). The smallest absolute Gasteiger partial charge is 0.319 e. The number of urea groups is 1. The van der Waals surface area contributed by atoms with E-state index in [-0.39, 0.29) is 17.7 Å². The molecule has 3 amide bonds. The zero-order chi connectivity index (χ0) is 19.8. The van der Waals surface area contributed by atoms with Gasteiger partial charge in [-0.3, -0.25) is 4.79 Å². The van der Waals surface area contributed by atoms with Crippen LogP contribution in [0.1, 0.15) is 43.2 Å². The summed E-state index contributed by atoms with van der Waals surface area (Å²) in [5.74, 6) is 0.511. The third kappa shape index (κ3) is 5.85. The Hall–Kier alpha value is -2.80. The standard InChI is InChI=1S/C21H27N3O4/c1-15-5-2-3-6-18(15)28-14-12-22-21(26)24-17-10-8-16(9-11-17)23-20(25)19-7-4-13-27-19/h4,7-11,13,15,18H,2-3,5-6,12,14H2,1H3,(H,23,25)(H2,22,24,26)/t15-,18+/m1/s1. The highest BCUT2D eigenvalue weighted by Gasteiger charge is 2.21. The van der Waals surface area contributed by atoms with Crippen molar-refractivity contribution in [3.8, 4) is 0 Å². The van der Waals surface area contributed by atoms with Gasteiger partial charge in [0.25, 0.3) is 5.91 Å². The van der Waals surface area contributed by atoms with Gasteiger partial charge >= 0.3 is 6.03 Å². The summed E-state index contributed by atoms with van der Waals surface area (Å²) in [6, 6.07) is 9.83. The highest BCUT2D eigenvalue weighted by atomic mass is 16.5. The first-order valence-electron chi connectivity index (χ1n) is 9.73. The lowest BCUT2D eigenvalue weighted by Gasteiger charge is -2.28. The Bertz CT molecular complexity index is 758. The SMILES string of the molecule is C[C@@H]1CCCC[C@@H]1OCCNC(=O)Nc1ccc(NC(=O)c2ccco2)cc1. The predicted molar refractivity (Wildman–Crippen MR) is 107 cm³/mol. The van der Waals surface area contributed by atoms with Crippen molar-refractivity contribution in [2.45, 2.75) is 38.7 Å². The number of furan rings is 1. The van der Waals surface area contributed by atoms with E-state index in [0.717, 1.165) is 6.42 Å². The normalized spacial score (nSPS) is 19.0. The van der Waals surface area contributed by atoms with Crippen LogP contribution in [0.5, 0.6) is 0 Å². The highest BCUT2D eigenvalue weighted by Crippen LogP contribution is 2.26. The summed E-state index contributed by atoms with van der Waals surface area (Å²) in [6.07, 6.45) is 6.59. The monoisotopic (exact) mass is 385 g/mol. The molecule has 150 valence electrons. The maximum Gasteiger partial charge on any atom is 0.319 e. The first-order chi connectivity index (χ1) is 13.6. The summed E-state index contributed by atoms with van der Waals surface area (Å²) >= 11 is 0. The first kappa shape index (κ1) is 19.9. The van der Waals surface area contributed by atoms with Gasteiger partial charge in [-0.1, -0.05) is 19.8 Å². The Labute approximate surface area is 164 Å². The number of carbonyl (C=O) groups excluding carboxylic acids is 2. The van der Waals surface area contributed by atoms with Crippen molar-refractivity contribution < 1.29 is 18.7 Å². The van der Waals surface area contributed by atoms with E-state index in [1.807, 2.05) is 0 Å². The predicted octanol–water partition coefficient (Wildman–Crippen LogP) is 4.25. The highest BCUT2D eigenvalue weighted by molar-refractivity contribution is 6.02. The van der Waals surface area contributed by atoms with E-state index in [4.69, 9.17) is 9.15 Å². The van der Waals surface area contributed by atoms with E-state index in [1.165, 1.54) is 25.5 Å². The van der Waals surface area contributed by atoms with Gasteiger partial charge in [-0.25, -0.2) is 4.79 Å². The zero-order valence-corrected chi connectivity index (χ0v) is 16.1. The molecule has 1 aromatic heterocycles. The summed E-state index contributed by atoms with van der Waals surface area (Å²) < 4.78 is 10.9. The lowest BCUT2D eigenvalue weighted by atomic mass is 9.88. The summed E-state index contributed by atoms with van der Waals surface area (Å²) in [5.41, 5.74) is 1.25. The molecule has 1 heterocycles. The van der Waals surface area contributed by atoms with Crippen molar-refractivity contribution in [3.63, 3.8) is 0 Å². The number of ether oxygens (including phenoxy) is 1. The van der Waals surface area contributed by atoms with Crippen LogP contribution >= 0.6 is 0 Å². The molecule has 7 nitrogen and oxygen atoms in total. The van der Waals surface area contributed by atoms with Gasteiger partial charge in [0.05, 0.1) is 19.0 Å². The van der Waals surface area contributed by atoms with E-state index in [2.05, 4.69) is 22.9 Å². The lowest BCUT2D eigenvalue weighted by molar-refractivity contribution is -0.00232. The summed E-state index contributed by atoms with van der Waals surface area (Å²) in [6.45, 7) is 3.21. The number of rotatable bonds is 7. The molecule has 0 radical (unpaired) electrons.